The van der Waals surface area contributed by atoms with Gasteiger partial charge in [-0.2, -0.15) is 0 Å². The summed E-state index contributed by atoms with van der Waals surface area (Å²) in [6.07, 6.45) is 1.26. The largest absolute Gasteiger partial charge is 0.458 e. The first kappa shape index (κ1) is 23.4. The smallest absolute Gasteiger partial charge is 0.408 e. The molecule has 0 saturated carbocycles. The maximum Gasteiger partial charge on any atom is 0.408 e. The molecule has 2 aliphatic rings. The molecular formula is C21H30N2O7. The Bertz CT molecular complexity index is 786. The second-order valence-electron chi connectivity index (χ2n) is 9.15. The van der Waals surface area contributed by atoms with E-state index in [0.29, 0.717) is 6.42 Å². The minimum Gasteiger partial charge on any atom is -0.458 e. The van der Waals surface area contributed by atoms with Gasteiger partial charge in [0.05, 0.1) is 11.6 Å². The standard InChI is InChI=1S/C21H30N2O7/c1-8-11-28-17(25)12-9-10-13-14(22-19(27)30-21(5,6)7)16(24)23(13)15(12)18(26)29-20(2,3)4/h8,13-14H,1,9-11H2,2-7H3,(H,22,27)/t13-,14+/m1/s1. The van der Waals surface area contributed by atoms with Gasteiger partial charge in [0.2, 0.25) is 0 Å². The number of hydrogen-bond acceptors (Lipinski definition) is 7. The van der Waals surface area contributed by atoms with E-state index in [4.69, 9.17) is 14.2 Å². The summed E-state index contributed by atoms with van der Waals surface area (Å²) in [6.45, 7) is 13.7. The van der Waals surface area contributed by atoms with Crippen LogP contribution in [0.5, 0.6) is 0 Å². The van der Waals surface area contributed by atoms with Crippen LogP contribution in [0, 0.1) is 0 Å². The van der Waals surface area contributed by atoms with Crippen molar-refractivity contribution in [2.24, 2.45) is 0 Å². The molecule has 1 fully saturated rings. The summed E-state index contributed by atoms with van der Waals surface area (Å²) in [5, 5.41) is 2.55. The third-order valence-corrected chi connectivity index (χ3v) is 4.28. The van der Waals surface area contributed by atoms with Crippen LogP contribution in [-0.4, -0.2) is 58.7 Å². The van der Waals surface area contributed by atoms with E-state index in [0.717, 1.165) is 0 Å². The van der Waals surface area contributed by atoms with Crippen LogP contribution in [0.3, 0.4) is 0 Å². The van der Waals surface area contributed by atoms with E-state index in [-0.39, 0.29) is 24.3 Å². The quantitative estimate of drug-likeness (QED) is 0.313. The molecule has 2 rings (SSSR count). The highest BCUT2D eigenvalue weighted by molar-refractivity contribution is 6.07. The van der Waals surface area contributed by atoms with Crippen molar-refractivity contribution in [1.29, 1.82) is 0 Å². The highest BCUT2D eigenvalue weighted by Crippen LogP contribution is 2.38. The molecule has 2 aliphatic heterocycles. The van der Waals surface area contributed by atoms with Crippen LogP contribution < -0.4 is 5.32 Å². The molecule has 9 heteroatoms. The van der Waals surface area contributed by atoms with Crippen LogP contribution in [0.2, 0.25) is 0 Å². The molecule has 2 atom stereocenters. The number of β-lactam (4-membered cyclic amide) rings is 1. The van der Waals surface area contributed by atoms with Crippen molar-refractivity contribution in [2.45, 2.75) is 77.7 Å². The van der Waals surface area contributed by atoms with Crippen molar-refractivity contribution in [3.8, 4) is 0 Å². The molecule has 9 nitrogen and oxygen atoms in total. The molecule has 30 heavy (non-hydrogen) atoms. The number of carbonyl (C=O) groups is 4. The molecule has 0 aromatic rings. The molecule has 1 saturated heterocycles. The second-order valence-corrected chi connectivity index (χ2v) is 9.15. The van der Waals surface area contributed by atoms with E-state index in [1.54, 1.807) is 41.5 Å². The molecule has 0 aromatic heterocycles. The number of nitrogens with zero attached hydrogens (tertiary/aromatic N) is 1. The molecule has 1 N–H and O–H groups in total. The van der Waals surface area contributed by atoms with Crippen molar-refractivity contribution >= 4 is 23.9 Å². The molecule has 2 amide bonds. The summed E-state index contributed by atoms with van der Waals surface area (Å²) < 4.78 is 15.7. The average molecular weight is 422 g/mol. The summed E-state index contributed by atoms with van der Waals surface area (Å²) in [5.41, 5.74) is -1.60. The Kier molecular flexibility index (Phi) is 6.63. The molecule has 0 aromatic carbocycles. The van der Waals surface area contributed by atoms with Gasteiger partial charge in [-0.25, -0.2) is 14.4 Å². The molecule has 0 radical (unpaired) electrons. The van der Waals surface area contributed by atoms with E-state index >= 15 is 0 Å². The van der Waals surface area contributed by atoms with Gasteiger partial charge in [0.15, 0.2) is 0 Å². The van der Waals surface area contributed by atoms with E-state index in [9.17, 15) is 19.2 Å². The zero-order valence-corrected chi connectivity index (χ0v) is 18.4. The second kappa shape index (κ2) is 8.49. The minimum atomic E-state index is -0.844. The van der Waals surface area contributed by atoms with Crippen molar-refractivity contribution in [2.75, 3.05) is 6.61 Å². The Hall–Kier alpha value is -2.84. The molecule has 0 unspecified atom stereocenters. The fourth-order valence-electron chi connectivity index (χ4n) is 3.23. The van der Waals surface area contributed by atoms with Gasteiger partial charge in [0.25, 0.3) is 5.91 Å². The van der Waals surface area contributed by atoms with Crippen molar-refractivity contribution in [3.05, 3.63) is 23.9 Å². The Morgan fingerprint density at radius 3 is 2.23 bits per heavy atom. The Morgan fingerprint density at radius 1 is 1.10 bits per heavy atom. The van der Waals surface area contributed by atoms with Crippen LogP contribution in [0.25, 0.3) is 0 Å². The lowest BCUT2D eigenvalue weighted by Crippen LogP contribution is -2.72. The highest BCUT2D eigenvalue weighted by atomic mass is 16.6. The summed E-state index contributed by atoms with van der Waals surface area (Å²) >= 11 is 0. The first-order valence-electron chi connectivity index (χ1n) is 9.82. The van der Waals surface area contributed by atoms with Gasteiger partial charge >= 0.3 is 18.0 Å². The Morgan fingerprint density at radius 2 is 1.70 bits per heavy atom. The number of alkyl carbamates (subject to hydrolysis) is 1. The predicted molar refractivity (Wildman–Crippen MR) is 107 cm³/mol. The summed E-state index contributed by atoms with van der Waals surface area (Å²) in [7, 11) is 0. The average Bonchev–Trinajstić information content (AvgIpc) is 2.59. The summed E-state index contributed by atoms with van der Waals surface area (Å²) in [5.74, 6) is -2.01. The van der Waals surface area contributed by atoms with Crippen LogP contribution in [0.1, 0.15) is 54.4 Å². The number of ether oxygens (including phenoxy) is 3. The van der Waals surface area contributed by atoms with Gasteiger partial charge in [-0.3, -0.25) is 9.69 Å². The number of esters is 2. The maximum absolute atomic E-state index is 12.8. The highest BCUT2D eigenvalue weighted by Gasteiger charge is 2.55. The first-order valence-corrected chi connectivity index (χ1v) is 9.82. The fourth-order valence-corrected chi connectivity index (χ4v) is 3.23. The van der Waals surface area contributed by atoms with Crippen LogP contribution in [0.15, 0.2) is 23.9 Å². The lowest BCUT2D eigenvalue weighted by atomic mass is 9.83. The van der Waals surface area contributed by atoms with E-state index in [1.165, 1.54) is 11.0 Å². The summed E-state index contributed by atoms with van der Waals surface area (Å²) in [4.78, 5) is 51.4. The van der Waals surface area contributed by atoms with Gasteiger partial charge in [0.1, 0.15) is 29.5 Å². The van der Waals surface area contributed by atoms with Crippen molar-refractivity contribution in [1.82, 2.24) is 10.2 Å². The molecule has 166 valence electrons. The van der Waals surface area contributed by atoms with Crippen LogP contribution in [0.4, 0.5) is 4.79 Å². The third-order valence-electron chi connectivity index (χ3n) is 4.28. The lowest BCUT2D eigenvalue weighted by Gasteiger charge is -2.50. The Labute approximate surface area is 176 Å². The summed E-state index contributed by atoms with van der Waals surface area (Å²) in [6, 6.07) is -1.33. The number of nitrogens with one attached hydrogen (secondary N) is 1. The van der Waals surface area contributed by atoms with E-state index < -0.39 is 47.2 Å². The SMILES string of the molecule is C=CCOC(=O)C1=C(C(=O)OC(C)(C)C)N2C(=O)[C@@H](NC(=O)OC(C)(C)C)[C@H]2CC1. The first-order chi connectivity index (χ1) is 13.7. The molecule has 0 bridgehead atoms. The van der Waals surface area contributed by atoms with E-state index in [1.807, 2.05) is 0 Å². The van der Waals surface area contributed by atoms with Crippen molar-refractivity contribution in [3.63, 3.8) is 0 Å². The van der Waals surface area contributed by atoms with Gasteiger partial charge in [-0.15, -0.1) is 0 Å². The topological polar surface area (TPSA) is 111 Å². The van der Waals surface area contributed by atoms with Gasteiger partial charge in [-0.1, -0.05) is 12.7 Å². The predicted octanol–water partition coefficient (Wildman–Crippen LogP) is 2.21. The number of hydrogen-bond donors (Lipinski definition) is 1. The van der Waals surface area contributed by atoms with Gasteiger partial charge < -0.3 is 19.5 Å². The zero-order chi connectivity index (χ0) is 22.9. The molecule has 0 aliphatic carbocycles. The van der Waals surface area contributed by atoms with E-state index in [2.05, 4.69) is 11.9 Å². The number of fused-ring (bicyclic) bond motifs is 1. The third kappa shape index (κ3) is 5.40. The number of rotatable bonds is 5. The van der Waals surface area contributed by atoms with Gasteiger partial charge in [0, 0.05) is 0 Å². The van der Waals surface area contributed by atoms with Gasteiger partial charge in [-0.05, 0) is 54.4 Å². The zero-order valence-electron chi connectivity index (χ0n) is 18.4. The molecular weight excluding hydrogens is 392 g/mol. The minimum absolute atomic E-state index is 0.0237. The molecule has 0 spiro atoms. The Balaban J connectivity index is 2.28. The molecule has 2 heterocycles. The van der Waals surface area contributed by atoms with Crippen molar-refractivity contribution < 1.29 is 33.4 Å². The normalized spacial score (nSPS) is 21.3. The number of amides is 2. The lowest BCUT2D eigenvalue weighted by molar-refractivity contribution is -0.162. The fraction of sp³-hybridized carbons (Fsp3) is 0.619. The number of carbonyl (C=O) groups excluding carboxylic acids is 4. The monoisotopic (exact) mass is 422 g/mol. The van der Waals surface area contributed by atoms with Crippen LogP contribution in [-0.2, 0) is 28.6 Å². The maximum atomic E-state index is 12.8. The van der Waals surface area contributed by atoms with Crippen LogP contribution >= 0.6 is 0 Å².